The molecule has 0 aliphatic carbocycles. The summed E-state index contributed by atoms with van der Waals surface area (Å²) in [7, 11) is 0. The molecule has 0 unspecified atom stereocenters. The molecule has 0 spiro atoms. The number of carbonyl (C=O) groups is 1. The van der Waals surface area contributed by atoms with Crippen molar-refractivity contribution in [2.24, 2.45) is 4.99 Å². The first kappa shape index (κ1) is 24.0. The summed E-state index contributed by atoms with van der Waals surface area (Å²) in [5, 5.41) is 6.81. The molecule has 152 valence electrons. The van der Waals surface area contributed by atoms with Gasteiger partial charge in [-0.05, 0) is 56.9 Å². The highest BCUT2D eigenvalue weighted by molar-refractivity contribution is 14.0. The number of benzene rings is 1. The van der Waals surface area contributed by atoms with Crippen molar-refractivity contribution in [2.45, 2.75) is 46.2 Å². The largest absolute Gasteiger partial charge is 0.450 e. The Balaban J connectivity index is 0.00000364. The van der Waals surface area contributed by atoms with E-state index in [1.54, 1.807) is 4.90 Å². The molecule has 2 N–H and O–H groups in total. The molecule has 8 heteroatoms. The van der Waals surface area contributed by atoms with Gasteiger partial charge in [0.05, 0.1) is 13.2 Å². The van der Waals surface area contributed by atoms with Crippen molar-refractivity contribution in [3.8, 4) is 0 Å². The van der Waals surface area contributed by atoms with Gasteiger partial charge in [0, 0.05) is 30.1 Å². The number of nitrogens with one attached hydrogen (secondary N) is 2. The second-order valence-electron chi connectivity index (χ2n) is 6.37. The fourth-order valence-electron chi connectivity index (χ4n) is 2.94. The van der Waals surface area contributed by atoms with Crippen molar-refractivity contribution in [1.82, 2.24) is 15.5 Å². The Morgan fingerprint density at radius 1 is 1.33 bits per heavy atom. The molecule has 27 heavy (non-hydrogen) atoms. The molecule has 1 saturated heterocycles. The van der Waals surface area contributed by atoms with Crippen LogP contribution >= 0.6 is 39.9 Å². The molecule has 2 rings (SSSR count). The van der Waals surface area contributed by atoms with Gasteiger partial charge in [0.1, 0.15) is 0 Å². The van der Waals surface area contributed by atoms with Crippen LogP contribution in [0.1, 0.15) is 37.8 Å². The second kappa shape index (κ2) is 12.4. The van der Waals surface area contributed by atoms with Crippen molar-refractivity contribution in [3.63, 3.8) is 0 Å². The number of aliphatic imine (C=N–C) groups is 1. The van der Waals surface area contributed by atoms with Crippen LogP contribution < -0.4 is 10.6 Å². The number of hydrogen-bond donors (Lipinski definition) is 2. The minimum Gasteiger partial charge on any atom is -0.450 e. The zero-order valence-corrected chi connectivity index (χ0v) is 20.2. The van der Waals surface area contributed by atoms with Crippen LogP contribution in [0.4, 0.5) is 4.79 Å². The van der Waals surface area contributed by atoms with E-state index in [0.29, 0.717) is 32.3 Å². The lowest BCUT2D eigenvalue weighted by Gasteiger charge is -2.32. The smallest absolute Gasteiger partial charge is 0.409 e. The Labute approximate surface area is 187 Å². The van der Waals surface area contributed by atoms with E-state index in [9.17, 15) is 4.79 Å². The Bertz CT molecular complexity index is 634. The average molecular weight is 553 g/mol. The first-order valence-corrected chi connectivity index (χ1v) is 10.0. The van der Waals surface area contributed by atoms with E-state index >= 15 is 0 Å². The van der Waals surface area contributed by atoms with Crippen molar-refractivity contribution < 1.29 is 9.53 Å². The predicted molar refractivity (Wildman–Crippen MR) is 124 cm³/mol. The molecule has 1 amide bonds. The Kier molecular flexibility index (Phi) is 11.1. The molecule has 1 heterocycles. The number of ether oxygens (including phenoxy) is 1. The molecular weight excluding hydrogens is 523 g/mol. The van der Waals surface area contributed by atoms with Crippen molar-refractivity contribution in [2.75, 3.05) is 26.2 Å². The molecule has 1 aromatic rings. The summed E-state index contributed by atoms with van der Waals surface area (Å²) in [6.07, 6.45) is 1.57. The van der Waals surface area contributed by atoms with E-state index in [1.165, 1.54) is 11.1 Å². The molecule has 1 aliphatic heterocycles. The molecule has 0 atom stereocenters. The van der Waals surface area contributed by atoms with Gasteiger partial charge in [-0.2, -0.15) is 0 Å². The van der Waals surface area contributed by atoms with Crippen LogP contribution in [0.3, 0.4) is 0 Å². The highest BCUT2D eigenvalue weighted by Crippen LogP contribution is 2.16. The molecule has 0 aromatic heterocycles. The number of aryl methyl sites for hydroxylation is 1. The molecule has 0 bridgehead atoms. The number of nitrogens with zero attached hydrogens (tertiary/aromatic N) is 2. The lowest BCUT2D eigenvalue weighted by molar-refractivity contribution is 0.0963. The number of rotatable bonds is 5. The first-order chi connectivity index (χ1) is 12.5. The van der Waals surface area contributed by atoms with Crippen molar-refractivity contribution >= 4 is 52.0 Å². The van der Waals surface area contributed by atoms with Crippen LogP contribution in [0.5, 0.6) is 0 Å². The summed E-state index contributed by atoms with van der Waals surface area (Å²) >= 11 is 3.49. The van der Waals surface area contributed by atoms with Crippen LogP contribution in [-0.2, 0) is 11.3 Å². The third-order valence-electron chi connectivity index (χ3n) is 4.42. The number of halogens is 2. The SMILES string of the molecule is CCNC(=NCc1ccc(Br)cc1C)NC1CCN(C(=O)OCC)CC1.I. The van der Waals surface area contributed by atoms with Crippen LogP contribution in [0.25, 0.3) is 0 Å². The lowest BCUT2D eigenvalue weighted by atomic mass is 10.1. The first-order valence-electron chi connectivity index (χ1n) is 9.25. The quantitative estimate of drug-likeness (QED) is 0.328. The molecule has 0 saturated carbocycles. The lowest BCUT2D eigenvalue weighted by Crippen LogP contribution is -2.49. The van der Waals surface area contributed by atoms with E-state index in [0.717, 1.165) is 29.8 Å². The number of carbonyl (C=O) groups excluding carboxylic acids is 1. The Morgan fingerprint density at radius 3 is 2.63 bits per heavy atom. The molecule has 6 nitrogen and oxygen atoms in total. The van der Waals surface area contributed by atoms with Gasteiger partial charge in [-0.25, -0.2) is 9.79 Å². The number of guanidine groups is 1. The predicted octanol–water partition coefficient (Wildman–Crippen LogP) is 4.05. The van der Waals surface area contributed by atoms with Gasteiger partial charge >= 0.3 is 6.09 Å². The summed E-state index contributed by atoms with van der Waals surface area (Å²) in [5.41, 5.74) is 2.43. The van der Waals surface area contributed by atoms with Crippen molar-refractivity contribution in [1.29, 1.82) is 0 Å². The van der Waals surface area contributed by atoms with Gasteiger partial charge in [-0.15, -0.1) is 24.0 Å². The van der Waals surface area contributed by atoms with Gasteiger partial charge in [-0.1, -0.05) is 22.0 Å². The molecule has 1 aromatic carbocycles. The van der Waals surface area contributed by atoms with Gasteiger partial charge < -0.3 is 20.3 Å². The molecule has 1 fully saturated rings. The maximum atomic E-state index is 11.8. The molecule has 0 radical (unpaired) electrons. The minimum absolute atomic E-state index is 0. The van der Waals surface area contributed by atoms with Crippen LogP contribution in [0.2, 0.25) is 0 Å². The van der Waals surface area contributed by atoms with Crippen LogP contribution in [0, 0.1) is 6.92 Å². The number of hydrogen-bond acceptors (Lipinski definition) is 3. The van der Waals surface area contributed by atoms with E-state index in [2.05, 4.69) is 52.5 Å². The van der Waals surface area contributed by atoms with Gasteiger partial charge in [0.25, 0.3) is 0 Å². The van der Waals surface area contributed by atoms with E-state index in [1.807, 2.05) is 13.0 Å². The summed E-state index contributed by atoms with van der Waals surface area (Å²) in [4.78, 5) is 18.3. The van der Waals surface area contributed by atoms with E-state index in [-0.39, 0.29) is 30.1 Å². The normalized spacial score (nSPS) is 15.1. The highest BCUT2D eigenvalue weighted by atomic mass is 127. The zero-order valence-electron chi connectivity index (χ0n) is 16.3. The summed E-state index contributed by atoms with van der Waals surface area (Å²) < 4.78 is 6.15. The maximum Gasteiger partial charge on any atom is 0.409 e. The van der Waals surface area contributed by atoms with Crippen LogP contribution in [-0.4, -0.2) is 49.2 Å². The average Bonchev–Trinajstić information content (AvgIpc) is 2.62. The van der Waals surface area contributed by atoms with E-state index < -0.39 is 0 Å². The zero-order chi connectivity index (χ0) is 18.9. The van der Waals surface area contributed by atoms with Crippen LogP contribution in [0.15, 0.2) is 27.7 Å². The van der Waals surface area contributed by atoms with Gasteiger partial charge in [0.15, 0.2) is 5.96 Å². The summed E-state index contributed by atoms with van der Waals surface area (Å²) in [5.74, 6) is 0.824. The monoisotopic (exact) mass is 552 g/mol. The molecule has 1 aliphatic rings. The maximum absolute atomic E-state index is 11.8. The van der Waals surface area contributed by atoms with Gasteiger partial charge in [-0.3, -0.25) is 0 Å². The van der Waals surface area contributed by atoms with Crippen molar-refractivity contribution in [3.05, 3.63) is 33.8 Å². The molecular formula is C19H30BrIN4O2. The second-order valence-corrected chi connectivity index (χ2v) is 7.29. The third kappa shape index (κ3) is 7.85. The summed E-state index contributed by atoms with van der Waals surface area (Å²) in [6.45, 7) is 9.28. The minimum atomic E-state index is -0.211. The number of piperidine rings is 1. The van der Waals surface area contributed by atoms with E-state index in [4.69, 9.17) is 9.73 Å². The standard InChI is InChI=1S/C19H29BrN4O2.HI/c1-4-21-18(22-13-15-6-7-16(20)12-14(15)3)23-17-8-10-24(11-9-17)19(25)26-5-2;/h6-7,12,17H,4-5,8-11,13H2,1-3H3,(H2,21,22,23);1H. The summed E-state index contributed by atoms with van der Waals surface area (Å²) in [6, 6.07) is 6.56. The number of likely N-dealkylation sites (tertiary alicyclic amines) is 1. The Hall–Kier alpha value is -1.03. The number of amides is 1. The highest BCUT2D eigenvalue weighted by Gasteiger charge is 2.24. The fraction of sp³-hybridized carbons (Fsp3) is 0.579. The topological polar surface area (TPSA) is 66.0 Å². The van der Waals surface area contributed by atoms with Gasteiger partial charge in [0.2, 0.25) is 0 Å². The Morgan fingerprint density at radius 2 is 2.04 bits per heavy atom. The fourth-order valence-corrected chi connectivity index (χ4v) is 3.41. The third-order valence-corrected chi connectivity index (χ3v) is 4.91.